The molecule has 8 aromatic carbocycles. The molecule has 2 heterocycles. The predicted molar refractivity (Wildman–Crippen MR) is 227 cm³/mol. The average Bonchev–Trinajstić information content (AvgIpc) is 3.27. The van der Waals surface area contributed by atoms with Crippen molar-refractivity contribution in [1.82, 2.24) is 9.97 Å². The molecule has 0 bridgehead atoms. The van der Waals surface area contributed by atoms with Gasteiger partial charge in [-0.25, -0.2) is 0 Å². The predicted octanol–water partition coefficient (Wildman–Crippen LogP) is 13.9. The van der Waals surface area contributed by atoms with E-state index in [4.69, 9.17) is 0 Å². The van der Waals surface area contributed by atoms with E-state index in [1.165, 1.54) is 71.3 Å². The first-order chi connectivity index (χ1) is 26.7. The Morgan fingerprint density at radius 1 is 0.185 bits per heavy atom. The molecule has 0 saturated heterocycles. The van der Waals surface area contributed by atoms with Crippen molar-refractivity contribution in [2.75, 3.05) is 0 Å². The van der Waals surface area contributed by atoms with Crippen LogP contribution in [0, 0.1) is 0 Å². The highest BCUT2D eigenvalue weighted by Gasteiger charge is 2.14. The summed E-state index contributed by atoms with van der Waals surface area (Å²) in [5.41, 5.74) is 14.2. The second-order valence-electron chi connectivity index (χ2n) is 13.9. The lowest BCUT2D eigenvalue weighted by Gasteiger charge is -2.15. The molecule has 10 aromatic rings. The molecule has 0 amide bonds. The van der Waals surface area contributed by atoms with Crippen LogP contribution in [0.4, 0.5) is 0 Å². The minimum atomic E-state index is 1.14. The van der Waals surface area contributed by atoms with E-state index in [1.54, 1.807) is 0 Å². The van der Waals surface area contributed by atoms with Gasteiger partial charge in [-0.15, -0.1) is 0 Å². The van der Waals surface area contributed by atoms with Crippen LogP contribution in [0.25, 0.3) is 99.1 Å². The molecule has 0 aliphatic rings. The normalized spacial score (nSPS) is 11.3. The Kier molecular flexibility index (Phi) is 7.85. The molecular formula is C52H34N2. The fourth-order valence-corrected chi connectivity index (χ4v) is 7.90. The van der Waals surface area contributed by atoms with E-state index in [0.717, 1.165) is 27.8 Å². The van der Waals surface area contributed by atoms with Crippen LogP contribution in [0.1, 0.15) is 0 Å². The summed E-state index contributed by atoms with van der Waals surface area (Å²) in [6, 6.07) is 66.3. The number of nitrogens with zero attached hydrogens (tertiary/aromatic N) is 2. The van der Waals surface area contributed by atoms with Crippen LogP contribution >= 0.6 is 0 Å². The van der Waals surface area contributed by atoms with Crippen LogP contribution in [-0.4, -0.2) is 9.97 Å². The lowest BCUT2D eigenvalue weighted by Crippen LogP contribution is -1.89. The molecule has 0 N–H and O–H groups in total. The smallest absolute Gasteiger partial charge is 0.0273 e. The first-order valence-electron chi connectivity index (χ1n) is 18.4. The van der Waals surface area contributed by atoms with Gasteiger partial charge in [0, 0.05) is 24.8 Å². The van der Waals surface area contributed by atoms with Crippen molar-refractivity contribution in [3.63, 3.8) is 0 Å². The maximum atomic E-state index is 4.26. The minimum absolute atomic E-state index is 1.14. The monoisotopic (exact) mass is 686 g/mol. The Morgan fingerprint density at radius 2 is 0.481 bits per heavy atom. The van der Waals surface area contributed by atoms with Gasteiger partial charge in [0.05, 0.1) is 0 Å². The van der Waals surface area contributed by atoms with E-state index in [9.17, 15) is 0 Å². The quantitative estimate of drug-likeness (QED) is 0.163. The van der Waals surface area contributed by atoms with Gasteiger partial charge in [-0.2, -0.15) is 0 Å². The summed E-state index contributed by atoms with van der Waals surface area (Å²) in [5.74, 6) is 0. The number of pyridine rings is 2. The molecule has 0 unspecified atom stereocenters. The van der Waals surface area contributed by atoms with E-state index < -0.39 is 0 Å². The van der Waals surface area contributed by atoms with E-state index in [-0.39, 0.29) is 0 Å². The number of hydrogen-bond donors (Lipinski definition) is 0. The van der Waals surface area contributed by atoms with E-state index in [2.05, 4.69) is 192 Å². The molecule has 0 fully saturated rings. The highest BCUT2D eigenvalue weighted by molar-refractivity contribution is 6.26. The summed E-state index contributed by atoms with van der Waals surface area (Å²) >= 11 is 0. The van der Waals surface area contributed by atoms with Gasteiger partial charge >= 0.3 is 0 Å². The molecule has 2 heteroatoms. The lowest BCUT2D eigenvalue weighted by atomic mass is 9.88. The zero-order valence-electron chi connectivity index (χ0n) is 29.5. The van der Waals surface area contributed by atoms with E-state index in [0.29, 0.717) is 0 Å². The van der Waals surface area contributed by atoms with Gasteiger partial charge in [0.15, 0.2) is 0 Å². The Morgan fingerprint density at radius 3 is 0.907 bits per heavy atom. The molecular weight excluding hydrogens is 653 g/mol. The fraction of sp³-hybridized carbons (Fsp3) is 0. The third-order valence-corrected chi connectivity index (χ3v) is 10.6. The van der Waals surface area contributed by atoms with Crippen molar-refractivity contribution in [2.45, 2.75) is 0 Å². The summed E-state index contributed by atoms with van der Waals surface area (Å²) in [4.78, 5) is 8.52. The Bertz CT molecular complexity index is 2820. The van der Waals surface area contributed by atoms with Crippen LogP contribution in [0.3, 0.4) is 0 Å². The van der Waals surface area contributed by atoms with Gasteiger partial charge < -0.3 is 0 Å². The second-order valence-corrected chi connectivity index (χ2v) is 13.9. The van der Waals surface area contributed by atoms with E-state index >= 15 is 0 Å². The van der Waals surface area contributed by atoms with Gasteiger partial charge in [0.2, 0.25) is 0 Å². The van der Waals surface area contributed by atoms with Crippen LogP contribution < -0.4 is 0 Å². The highest BCUT2D eigenvalue weighted by atomic mass is 14.6. The van der Waals surface area contributed by atoms with Crippen molar-refractivity contribution in [3.05, 3.63) is 207 Å². The highest BCUT2D eigenvalue weighted by Crippen LogP contribution is 2.41. The molecule has 0 aliphatic heterocycles. The van der Waals surface area contributed by atoms with Crippen molar-refractivity contribution in [3.8, 4) is 66.8 Å². The molecule has 0 spiro atoms. The molecule has 0 saturated carbocycles. The fourth-order valence-electron chi connectivity index (χ4n) is 7.90. The summed E-state index contributed by atoms with van der Waals surface area (Å²) in [5, 5.41) is 7.57. The molecule has 252 valence electrons. The van der Waals surface area contributed by atoms with Crippen LogP contribution in [-0.2, 0) is 0 Å². The largest absolute Gasteiger partial charge is 0.265 e. The first-order valence-corrected chi connectivity index (χ1v) is 18.4. The molecule has 2 aromatic heterocycles. The van der Waals surface area contributed by atoms with E-state index in [1.807, 2.05) is 24.8 Å². The summed E-state index contributed by atoms with van der Waals surface area (Å²) in [6.45, 7) is 0. The summed E-state index contributed by atoms with van der Waals surface area (Å²) < 4.78 is 0. The van der Waals surface area contributed by atoms with Gasteiger partial charge in [-0.05, 0) is 166 Å². The number of fused-ring (bicyclic) bond motifs is 6. The van der Waals surface area contributed by atoms with Crippen LogP contribution in [0.15, 0.2) is 207 Å². The zero-order valence-corrected chi connectivity index (χ0v) is 29.5. The lowest BCUT2D eigenvalue weighted by molar-refractivity contribution is 1.33. The average molecular weight is 687 g/mol. The maximum Gasteiger partial charge on any atom is 0.0273 e. The number of aromatic nitrogens is 2. The van der Waals surface area contributed by atoms with Gasteiger partial charge in [0.1, 0.15) is 0 Å². The third-order valence-electron chi connectivity index (χ3n) is 10.6. The van der Waals surface area contributed by atoms with Gasteiger partial charge in [-0.3, -0.25) is 9.97 Å². The summed E-state index contributed by atoms with van der Waals surface area (Å²) in [7, 11) is 0. The molecule has 54 heavy (non-hydrogen) atoms. The first kappa shape index (κ1) is 31.6. The summed E-state index contributed by atoms with van der Waals surface area (Å²) in [6.07, 6.45) is 7.41. The molecule has 10 rings (SSSR count). The Balaban J connectivity index is 1.15. The van der Waals surface area contributed by atoms with Crippen molar-refractivity contribution in [1.29, 1.82) is 0 Å². The maximum absolute atomic E-state index is 4.26. The molecule has 0 aliphatic carbocycles. The molecule has 0 atom stereocenters. The number of rotatable bonds is 6. The van der Waals surface area contributed by atoms with Crippen molar-refractivity contribution in [2.24, 2.45) is 0 Å². The van der Waals surface area contributed by atoms with Crippen molar-refractivity contribution < 1.29 is 0 Å². The van der Waals surface area contributed by atoms with Crippen LogP contribution in [0.5, 0.6) is 0 Å². The minimum Gasteiger partial charge on any atom is -0.265 e. The number of benzene rings is 8. The van der Waals surface area contributed by atoms with Gasteiger partial charge in [-0.1, -0.05) is 115 Å². The Labute approximate surface area is 314 Å². The van der Waals surface area contributed by atoms with Crippen molar-refractivity contribution >= 4 is 32.3 Å². The third kappa shape index (κ3) is 5.81. The zero-order chi connectivity index (χ0) is 35.8. The Hall–Kier alpha value is -7.16. The molecule has 0 radical (unpaired) electrons. The number of hydrogen-bond acceptors (Lipinski definition) is 2. The standard InChI is InChI=1S/C52H34N2/c1-3-8-35(9-4-1)41-14-17-47-50-32-42(36-10-5-2-6-11-36)15-18-48(50)52-34-43(16-19-49(52)51(47)33-41)39-12-7-13-40(28-39)46-30-44(37-20-24-53-25-21-37)29-45(31-46)38-22-26-54-27-23-38/h1-34H. The topological polar surface area (TPSA) is 25.8 Å². The molecule has 2 nitrogen and oxygen atoms in total. The SMILES string of the molecule is c1ccc(-c2ccc3c(c2)c2ccc(-c4cccc(-c5cc(-c6ccncc6)cc(-c6ccncc6)c5)c4)cc2c2ccc(-c4ccccc4)cc32)cc1. The van der Waals surface area contributed by atoms with Gasteiger partial charge in [0.25, 0.3) is 0 Å². The van der Waals surface area contributed by atoms with Crippen LogP contribution in [0.2, 0.25) is 0 Å². The second kappa shape index (κ2) is 13.4.